The second kappa shape index (κ2) is 6.12. The molecule has 0 aromatic carbocycles. The summed E-state index contributed by atoms with van der Waals surface area (Å²) in [5, 5.41) is 15.1. The lowest BCUT2D eigenvalue weighted by Gasteiger charge is -2.10. The van der Waals surface area contributed by atoms with E-state index in [4.69, 9.17) is 5.11 Å². The molecule has 94 valence electrons. The van der Waals surface area contributed by atoms with Gasteiger partial charge in [-0.2, -0.15) is 0 Å². The molecule has 1 fully saturated rings. The van der Waals surface area contributed by atoms with E-state index in [1.54, 1.807) is 11.3 Å². The van der Waals surface area contributed by atoms with Crippen molar-refractivity contribution < 1.29 is 9.90 Å². The van der Waals surface area contributed by atoms with Gasteiger partial charge in [0, 0.05) is 24.4 Å². The Balaban J connectivity index is 1.71. The van der Waals surface area contributed by atoms with E-state index in [1.807, 2.05) is 5.38 Å². The number of carboxylic acids is 1. The van der Waals surface area contributed by atoms with Crippen LogP contribution in [0, 0.1) is 0 Å². The summed E-state index contributed by atoms with van der Waals surface area (Å²) >= 11 is 1.56. The fourth-order valence-electron chi connectivity index (χ4n) is 2.21. The molecule has 2 rings (SSSR count). The van der Waals surface area contributed by atoms with Crippen molar-refractivity contribution in [2.24, 2.45) is 0 Å². The maximum Gasteiger partial charge on any atom is 0.309 e. The topological polar surface area (TPSA) is 62.2 Å². The molecular weight excluding hydrogens is 236 g/mol. The number of hydrogen-bond acceptors (Lipinski definition) is 4. The van der Waals surface area contributed by atoms with E-state index in [0.29, 0.717) is 11.7 Å². The van der Waals surface area contributed by atoms with E-state index < -0.39 is 5.97 Å². The summed E-state index contributed by atoms with van der Waals surface area (Å²) in [5.74, 6) is -0.814. The van der Waals surface area contributed by atoms with E-state index in [1.165, 1.54) is 25.7 Å². The molecule has 5 heteroatoms. The fraction of sp³-hybridized carbons (Fsp3) is 0.667. The third-order valence-electron chi connectivity index (χ3n) is 3.06. The Morgan fingerprint density at radius 3 is 3.00 bits per heavy atom. The molecule has 0 bridgehead atoms. The lowest BCUT2D eigenvalue weighted by Crippen LogP contribution is -2.27. The van der Waals surface area contributed by atoms with Gasteiger partial charge in [-0.15, -0.1) is 11.3 Å². The second-order valence-corrected chi connectivity index (χ2v) is 5.43. The molecular formula is C12H18N2O2S. The molecule has 4 nitrogen and oxygen atoms in total. The second-order valence-electron chi connectivity index (χ2n) is 4.49. The van der Waals surface area contributed by atoms with Crippen LogP contribution in [0.3, 0.4) is 0 Å². The minimum Gasteiger partial charge on any atom is -0.481 e. The highest BCUT2D eigenvalue weighted by Crippen LogP contribution is 2.17. The molecule has 17 heavy (non-hydrogen) atoms. The Kier molecular flexibility index (Phi) is 4.50. The smallest absolute Gasteiger partial charge is 0.309 e. The first-order chi connectivity index (χ1) is 8.24. The van der Waals surface area contributed by atoms with Gasteiger partial charge in [0.2, 0.25) is 0 Å². The number of thiazole rings is 1. The van der Waals surface area contributed by atoms with Gasteiger partial charge in [-0.05, 0) is 12.8 Å². The van der Waals surface area contributed by atoms with Gasteiger partial charge in [0.05, 0.1) is 17.1 Å². The van der Waals surface area contributed by atoms with Gasteiger partial charge in [0.1, 0.15) is 0 Å². The molecule has 0 spiro atoms. The molecule has 2 N–H and O–H groups in total. The standard InChI is InChI=1S/C12H18N2O2S/c15-12(16)7-10-8-17-11(14-10)5-6-13-9-3-1-2-4-9/h8-9,13H,1-7H2,(H,15,16). The molecule has 1 saturated carbocycles. The molecule has 0 radical (unpaired) electrons. The first kappa shape index (κ1) is 12.5. The van der Waals surface area contributed by atoms with Gasteiger partial charge in [-0.25, -0.2) is 4.98 Å². The summed E-state index contributed by atoms with van der Waals surface area (Å²) < 4.78 is 0. The minimum absolute atomic E-state index is 0.0343. The summed E-state index contributed by atoms with van der Waals surface area (Å²) in [6.07, 6.45) is 6.22. The Morgan fingerprint density at radius 2 is 2.29 bits per heavy atom. The predicted octanol–water partition coefficient (Wildman–Crippen LogP) is 1.84. The SMILES string of the molecule is O=C(O)Cc1csc(CCNC2CCCC2)n1. The summed E-state index contributed by atoms with van der Waals surface area (Å²) in [5.41, 5.74) is 0.679. The number of hydrogen-bond donors (Lipinski definition) is 2. The van der Waals surface area contributed by atoms with Crippen molar-refractivity contribution in [3.05, 3.63) is 16.1 Å². The number of nitrogens with zero attached hydrogens (tertiary/aromatic N) is 1. The van der Waals surface area contributed by atoms with Crippen LogP contribution in [0.25, 0.3) is 0 Å². The Morgan fingerprint density at radius 1 is 1.53 bits per heavy atom. The van der Waals surface area contributed by atoms with Crippen LogP contribution >= 0.6 is 11.3 Å². The quantitative estimate of drug-likeness (QED) is 0.813. The zero-order chi connectivity index (χ0) is 12.1. The van der Waals surface area contributed by atoms with Crippen LogP contribution in [0.15, 0.2) is 5.38 Å². The number of aromatic nitrogens is 1. The van der Waals surface area contributed by atoms with Crippen LogP contribution in [0.1, 0.15) is 36.4 Å². The first-order valence-electron chi connectivity index (χ1n) is 6.12. The average molecular weight is 254 g/mol. The van der Waals surface area contributed by atoms with Crippen LogP contribution in [0.4, 0.5) is 0 Å². The fourth-order valence-corrected chi connectivity index (χ4v) is 3.01. The molecule has 1 aliphatic rings. The van der Waals surface area contributed by atoms with Crippen molar-refractivity contribution in [1.82, 2.24) is 10.3 Å². The molecule has 1 aliphatic carbocycles. The van der Waals surface area contributed by atoms with E-state index in [2.05, 4.69) is 10.3 Å². The van der Waals surface area contributed by atoms with Gasteiger partial charge in [0.25, 0.3) is 0 Å². The van der Waals surface area contributed by atoms with Gasteiger partial charge in [0.15, 0.2) is 0 Å². The highest BCUT2D eigenvalue weighted by molar-refractivity contribution is 7.09. The zero-order valence-corrected chi connectivity index (χ0v) is 10.6. The summed E-state index contributed by atoms with van der Waals surface area (Å²) in [7, 11) is 0. The number of carbonyl (C=O) groups is 1. The number of aliphatic carboxylic acids is 1. The van der Waals surface area contributed by atoms with Crippen LogP contribution in [0.5, 0.6) is 0 Å². The normalized spacial score (nSPS) is 16.5. The highest BCUT2D eigenvalue weighted by atomic mass is 32.1. The predicted molar refractivity (Wildman–Crippen MR) is 67.4 cm³/mol. The van der Waals surface area contributed by atoms with Crippen LogP contribution < -0.4 is 5.32 Å². The maximum absolute atomic E-state index is 10.5. The van der Waals surface area contributed by atoms with Gasteiger partial charge >= 0.3 is 5.97 Å². The van der Waals surface area contributed by atoms with Crippen LogP contribution in [0.2, 0.25) is 0 Å². The van der Waals surface area contributed by atoms with Gasteiger partial charge in [-0.1, -0.05) is 12.8 Å². The lowest BCUT2D eigenvalue weighted by atomic mass is 10.2. The number of rotatable bonds is 6. The van der Waals surface area contributed by atoms with E-state index in [-0.39, 0.29) is 6.42 Å². The average Bonchev–Trinajstić information content (AvgIpc) is 2.89. The summed E-state index contributed by atoms with van der Waals surface area (Å²) in [6, 6.07) is 0.688. The highest BCUT2D eigenvalue weighted by Gasteiger charge is 2.13. The van der Waals surface area contributed by atoms with Crippen molar-refractivity contribution in [3.63, 3.8) is 0 Å². The van der Waals surface area contributed by atoms with Crippen molar-refractivity contribution in [3.8, 4) is 0 Å². The number of carboxylic acid groups (broad SMARTS) is 1. The summed E-state index contributed by atoms with van der Waals surface area (Å²) in [4.78, 5) is 14.8. The number of nitrogens with one attached hydrogen (secondary N) is 1. The van der Waals surface area contributed by atoms with E-state index in [0.717, 1.165) is 18.0 Å². The van der Waals surface area contributed by atoms with Crippen LogP contribution in [-0.4, -0.2) is 28.6 Å². The monoisotopic (exact) mass is 254 g/mol. The third-order valence-corrected chi connectivity index (χ3v) is 4.02. The molecule has 0 saturated heterocycles. The van der Waals surface area contributed by atoms with Gasteiger partial charge in [-0.3, -0.25) is 4.79 Å². The van der Waals surface area contributed by atoms with Crippen molar-refractivity contribution >= 4 is 17.3 Å². The van der Waals surface area contributed by atoms with E-state index in [9.17, 15) is 4.79 Å². The zero-order valence-electron chi connectivity index (χ0n) is 9.82. The Hall–Kier alpha value is -0.940. The van der Waals surface area contributed by atoms with E-state index >= 15 is 0 Å². The summed E-state index contributed by atoms with van der Waals surface area (Å²) in [6.45, 7) is 0.949. The molecule has 1 aromatic heterocycles. The van der Waals surface area contributed by atoms with Gasteiger partial charge < -0.3 is 10.4 Å². The molecule has 1 heterocycles. The van der Waals surface area contributed by atoms with Crippen molar-refractivity contribution in [1.29, 1.82) is 0 Å². The maximum atomic E-state index is 10.5. The lowest BCUT2D eigenvalue weighted by molar-refractivity contribution is -0.136. The third kappa shape index (κ3) is 4.09. The van der Waals surface area contributed by atoms with Crippen molar-refractivity contribution in [2.75, 3.05) is 6.54 Å². The molecule has 0 atom stereocenters. The first-order valence-corrected chi connectivity index (χ1v) is 7.00. The molecule has 0 unspecified atom stereocenters. The molecule has 1 aromatic rings. The van der Waals surface area contributed by atoms with Crippen LogP contribution in [-0.2, 0) is 17.6 Å². The minimum atomic E-state index is -0.814. The molecule has 0 amide bonds. The van der Waals surface area contributed by atoms with Crippen molar-refractivity contribution in [2.45, 2.75) is 44.6 Å². The Bertz CT molecular complexity index is 372. The molecule has 0 aliphatic heterocycles. The largest absolute Gasteiger partial charge is 0.481 e. The Labute approximate surface area is 105 Å².